The number of H-pyrrole nitrogens is 1. The zero-order chi connectivity index (χ0) is 12.7. The third-order valence-electron chi connectivity index (χ3n) is 2.92. The van der Waals surface area contributed by atoms with E-state index in [1.807, 2.05) is 37.3 Å². The number of hydrogen-bond donors (Lipinski definition) is 1. The maximum Gasteiger partial charge on any atom is 0.219 e. The van der Waals surface area contributed by atoms with Crippen molar-refractivity contribution in [1.29, 1.82) is 0 Å². The van der Waals surface area contributed by atoms with Crippen molar-refractivity contribution in [3.8, 4) is 11.1 Å². The largest absolute Gasteiger partial charge is 0.294 e. The normalized spacial score (nSPS) is 11.0. The second-order valence-electron chi connectivity index (χ2n) is 4.22. The van der Waals surface area contributed by atoms with Crippen molar-refractivity contribution in [2.75, 3.05) is 0 Å². The molecule has 0 atom stereocenters. The van der Waals surface area contributed by atoms with Crippen LogP contribution in [0.3, 0.4) is 0 Å². The Labute approximate surface area is 103 Å². The number of aromatic nitrogens is 4. The van der Waals surface area contributed by atoms with Gasteiger partial charge in [0, 0.05) is 18.2 Å². The smallest absolute Gasteiger partial charge is 0.219 e. The Morgan fingerprint density at radius 2 is 1.94 bits per heavy atom. The first-order chi connectivity index (χ1) is 8.68. The van der Waals surface area contributed by atoms with Crippen LogP contribution < -0.4 is 0 Å². The lowest BCUT2D eigenvalue weighted by atomic mass is 10.1. The van der Waals surface area contributed by atoms with Crippen molar-refractivity contribution in [1.82, 2.24) is 19.8 Å². The minimum Gasteiger partial charge on any atom is -0.294 e. The molecular weight excluding hydrogens is 228 g/mol. The fourth-order valence-electron chi connectivity index (χ4n) is 2.12. The molecule has 0 aliphatic heterocycles. The van der Waals surface area contributed by atoms with Crippen LogP contribution in [0.4, 0.5) is 0 Å². The highest BCUT2D eigenvalue weighted by Crippen LogP contribution is 2.27. The van der Waals surface area contributed by atoms with E-state index >= 15 is 0 Å². The molecule has 0 saturated carbocycles. The van der Waals surface area contributed by atoms with Gasteiger partial charge in [0.1, 0.15) is 0 Å². The van der Waals surface area contributed by atoms with E-state index in [1.54, 1.807) is 4.52 Å². The number of hydrogen-bond acceptors (Lipinski definition) is 3. The van der Waals surface area contributed by atoms with E-state index in [2.05, 4.69) is 15.3 Å². The third-order valence-corrected chi connectivity index (χ3v) is 2.92. The van der Waals surface area contributed by atoms with Gasteiger partial charge in [-0.1, -0.05) is 30.3 Å². The molecule has 3 rings (SSSR count). The van der Waals surface area contributed by atoms with E-state index < -0.39 is 0 Å². The number of benzene rings is 1. The van der Waals surface area contributed by atoms with Gasteiger partial charge in [-0.05, 0) is 12.5 Å². The third kappa shape index (κ3) is 1.44. The van der Waals surface area contributed by atoms with Crippen LogP contribution in [0.1, 0.15) is 23.2 Å². The molecule has 0 spiro atoms. The van der Waals surface area contributed by atoms with E-state index in [0.29, 0.717) is 11.5 Å². The fraction of sp³-hybridized carbons (Fsp3) is 0.154. The molecule has 0 fully saturated rings. The molecule has 0 aliphatic rings. The van der Waals surface area contributed by atoms with Gasteiger partial charge in [-0.3, -0.25) is 9.89 Å². The van der Waals surface area contributed by atoms with Crippen LogP contribution >= 0.6 is 0 Å². The van der Waals surface area contributed by atoms with E-state index in [1.165, 1.54) is 6.92 Å². The summed E-state index contributed by atoms with van der Waals surface area (Å²) >= 11 is 0. The first-order valence-corrected chi connectivity index (χ1v) is 5.68. The van der Waals surface area contributed by atoms with Gasteiger partial charge in [-0.2, -0.15) is 0 Å². The van der Waals surface area contributed by atoms with Gasteiger partial charge in [0.05, 0.1) is 0 Å². The van der Waals surface area contributed by atoms with Gasteiger partial charge in [0.2, 0.25) is 5.82 Å². The van der Waals surface area contributed by atoms with E-state index in [0.717, 1.165) is 16.8 Å². The minimum atomic E-state index is -0.108. The zero-order valence-corrected chi connectivity index (χ0v) is 10.1. The Hall–Kier alpha value is -2.43. The molecule has 0 aliphatic carbocycles. The summed E-state index contributed by atoms with van der Waals surface area (Å²) < 4.78 is 1.64. The number of aryl methyl sites for hydroxylation is 1. The second kappa shape index (κ2) is 3.80. The van der Waals surface area contributed by atoms with Crippen LogP contribution in [0.2, 0.25) is 0 Å². The van der Waals surface area contributed by atoms with Crippen molar-refractivity contribution >= 4 is 11.4 Å². The van der Waals surface area contributed by atoms with Crippen molar-refractivity contribution in [3.63, 3.8) is 0 Å². The van der Waals surface area contributed by atoms with Crippen molar-refractivity contribution < 1.29 is 4.79 Å². The molecule has 5 nitrogen and oxygen atoms in total. The maximum absolute atomic E-state index is 11.4. The fourth-order valence-corrected chi connectivity index (χ4v) is 2.12. The topological polar surface area (TPSA) is 63.0 Å². The minimum absolute atomic E-state index is 0.108. The molecule has 1 N–H and O–H groups in total. The summed E-state index contributed by atoms with van der Waals surface area (Å²) in [5, 5.41) is 11.1. The molecule has 0 bridgehead atoms. The van der Waals surface area contributed by atoms with Gasteiger partial charge in [-0.15, -0.1) is 10.2 Å². The summed E-state index contributed by atoms with van der Waals surface area (Å²) in [6.45, 7) is 3.44. The van der Waals surface area contributed by atoms with Gasteiger partial charge in [0.15, 0.2) is 11.4 Å². The van der Waals surface area contributed by atoms with Crippen LogP contribution in [0, 0.1) is 6.92 Å². The zero-order valence-electron chi connectivity index (χ0n) is 10.1. The predicted molar refractivity (Wildman–Crippen MR) is 67.5 cm³/mol. The highest BCUT2D eigenvalue weighted by Gasteiger charge is 2.18. The molecule has 0 amide bonds. The van der Waals surface area contributed by atoms with E-state index in [4.69, 9.17) is 0 Å². The van der Waals surface area contributed by atoms with Gasteiger partial charge in [0.25, 0.3) is 0 Å². The summed E-state index contributed by atoms with van der Waals surface area (Å²) in [6.07, 6.45) is 0. The predicted octanol–water partition coefficient (Wildman–Crippen LogP) is 2.24. The molecule has 0 unspecified atom stereocenters. The summed E-state index contributed by atoms with van der Waals surface area (Å²) in [4.78, 5) is 11.4. The number of ketones is 1. The Kier molecular flexibility index (Phi) is 2.26. The maximum atomic E-state index is 11.4. The van der Waals surface area contributed by atoms with Crippen LogP contribution in [0.15, 0.2) is 30.3 Å². The summed E-state index contributed by atoms with van der Waals surface area (Å²) in [5.74, 6) is 0.221. The van der Waals surface area contributed by atoms with Crippen LogP contribution in [0.25, 0.3) is 16.8 Å². The van der Waals surface area contributed by atoms with Crippen molar-refractivity contribution in [3.05, 3.63) is 41.9 Å². The van der Waals surface area contributed by atoms with Crippen LogP contribution in [-0.2, 0) is 0 Å². The first-order valence-electron chi connectivity index (χ1n) is 5.68. The highest BCUT2D eigenvalue weighted by molar-refractivity contribution is 5.92. The number of carbonyl (C=O) groups excluding carboxylic acids is 1. The number of Topliss-reactive ketones (excluding diaryl/α,β-unsaturated/α-hetero) is 1. The molecule has 3 aromatic rings. The molecule has 0 radical (unpaired) electrons. The summed E-state index contributed by atoms with van der Waals surface area (Å²) in [5.41, 5.74) is 3.69. The van der Waals surface area contributed by atoms with E-state index in [9.17, 15) is 4.79 Å². The average Bonchev–Trinajstić information content (AvgIpc) is 2.87. The quantitative estimate of drug-likeness (QED) is 0.699. The Balaban J connectivity index is 2.31. The second-order valence-corrected chi connectivity index (χ2v) is 4.22. The van der Waals surface area contributed by atoms with Gasteiger partial charge >= 0.3 is 0 Å². The van der Waals surface area contributed by atoms with E-state index in [-0.39, 0.29) is 5.78 Å². The summed E-state index contributed by atoms with van der Waals surface area (Å²) in [6, 6.07) is 9.94. The number of carbonyl (C=O) groups is 1. The molecule has 90 valence electrons. The molecule has 18 heavy (non-hydrogen) atoms. The monoisotopic (exact) mass is 240 g/mol. The summed E-state index contributed by atoms with van der Waals surface area (Å²) in [7, 11) is 0. The molecule has 2 aromatic heterocycles. The lowest BCUT2D eigenvalue weighted by Gasteiger charge is -1.97. The molecule has 2 heterocycles. The number of aromatic amines is 1. The van der Waals surface area contributed by atoms with Crippen LogP contribution in [0.5, 0.6) is 0 Å². The molecule has 1 aromatic carbocycles. The Morgan fingerprint density at radius 1 is 1.22 bits per heavy atom. The standard InChI is InChI=1S/C13H12N4O/c1-8-11(10-6-4-3-5-7-10)13-15-14-12(9(2)18)17(13)16-8/h3-7,16H,1-2H3. The lowest BCUT2D eigenvalue weighted by Crippen LogP contribution is -2.01. The molecule has 5 heteroatoms. The first kappa shape index (κ1) is 10.7. The lowest BCUT2D eigenvalue weighted by molar-refractivity contribution is 0.100. The SMILES string of the molecule is CC(=O)c1nnc2c(-c3ccccc3)c(C)[nH]n12. The molecule has 0 saturated heterocycles. The van der Waals surface area contributed by atoms with Crippen molar-refractivity contribution in [2.45, 2.75) is 13.8 Å². The van der Waals surface area contributed by atoms with Crippen molar-refractivity contribution in [2.24, 2.45) is 0 Å². The average molecular weight is 240 g/mol. The molecular formula is C13H12N4O. The number of fused-ring (bicyclic) bond motifs is 1. The van der Waals surface area contributed by atoms with Gasteiger partial charge < -0.3 is 0 Å². The highest BCUT2D eigenvalue weighted by atomic mass is 16.1. The Bertz CT molecular complexity index is 724. The number of nitrogens with zero attached hydrogens (tertiary/aromatic N) is 3. The number of nitrogens with one attached hydrogen (secondary N) is 1. The number of rotatable bonds is 2. The Morgan fingerprint density at radius 3 is 2.61 bits per heavy atom. The van der Waals surface area contributed by atoms with Crippen LogP contribution in [-0.4, -0.2) is 25.6 Å². The van der Waals surface area contributed by atoms with Gasteiger partial charge in [-0.25, -0.2) is 4.52 Å².